The van der Waals surface area contributed by atoms with E-state index in [9.17, 15) is 13.2 Å². The van der Waals surface area contributed by atoms with Crippen molar-refractivity contribution >= 4 is 27.3 Å². The zero-order valence-electron chi connectivity index (χ0n) is 10.5. The molecule has 20 heavy (non-hydrogen) atoms. The number of carboxylic acids is 1. The smallest absolute Gasteiger partial charge is 0.355 e. The second-order valence-corrected chi connectivity index (χ2v) is 6.70. The molecule has 106 valence electrons. The molecule has 2 rings (SSSR count). The number of carbonyl (C=O) groups is 1. The van der Waals surface area contributed by atoms with Crippen LogP contribution in [0.2, 0.25) is 0 Å². The maximum absolute atomic E-state index is 12.1. The Morgan fingerprint density at radius 2 is 2.10 bits per heavy atom. The molecule has 0 spiro atoms. The quantitative estimate of drug-likeness (QED) is 0.874. The van der Waals surface area contributed by atoms with Crippen LogP contribution in [-0.4, -0.2) is 24.5 Å². The van der Waals surface area contributed by atoms with Crippen LogP contribution in [0.15, 0.2) is 34.5 Å². The van der Waals surface area contributed by atoms with Gasteiger partial charge in [0, 0.05) is 5.38 Å². The van der Waals surface area contributed by atoms with Crippen LogP contribution in [0.1, 0.15) is 21.1 Å². The highest BCUT2D eigenvalue weighted by Gasteiger charge is 2.17. The first-order chi connectivity index (χ1) is 9.40. The first-order valence-electron chi connectivity index (χ1n) is 5.63. The SMILES string of the molecule is Cc1ccccc1S(=O)(=O)NCc1nc(C(=O)O)cs1. The van der Waals surface area contributed by atoms with Gasteiger partial charge in [0.1, 0.15) is 5.01 Å². The fourth-order valence-electron chi connectivity index (χ4n) is 1.58. The van der Waals surface area contributed by atoms with Crippen LogP contribution in [0.5, 0.6) is 0 Å². The van der Waals surface area contributed by atoms with Crippen molar-refractivity contribution < 1.29 is 18.3 Å². The van der Waals surface area contributed by atoms with Gasteiger partial charge in [-0.15, -0.1) is 11.3 Å². The summed E-state index contributed by atoms with van der Waals surface area (Å²) in [4.78, 5) is 14.7. The van der Waals surface area contributed by atoms with E-state index in [0.717, 1.165) is 11.3 Å². The second kappa shape index (κ2) is 5.70. The number of carboxylic acid groups (broad SMARTS) is 1. The summed E-state index contributed by atoms with van der Waals surface area (Å²) >= 11 is 1.10. The summed E-state index contributed by atoms with van der Waals surface area (Å²) in [5, 5.41) is 10.5. The lowest BCUT2D eigenvalue weighted by Gasteiger charge is -2.07. The molecule has 2 aromatic rings. The van der Waals surface area contributed by atoms with Crippen molar-refractivity contribution in [2.45, 2.75) is 18.4 Å². The number of sulfonamides is 1. The molecule has 6 nitrogen and oxygen atoms in total. The zero-order chi connectivity index (χ0) is 14.8. The van der Waals surface area contributed by atoms with Crippen LogP contribution in [0.4, 0.5) is 0 Å². The molecular weight excluding hydrogens is 300 g/mol. The van der Waals surface area contributed by atoms with E-state index in [1.165, 1.54) is 11.4 Å². The van der Waals surface area contributed by atoms with E-state index in [-0.39, 0.29) is 17.1 Å². The van der Waals surface area contributed by atoms with Crippen molar-refractivity contribution in [1.82, 2.24) is 9.71 Å². The predicted octanol–water partition coefficient (Wildman–Crippen LogP) is 1.63. The van der Waals surface area contributed by atoms with E-state index in [0.29, 0.717) is 10.6 Å². The zero-order valence-corrected chi connectivity index (χ0v) is 12.2. The van der Waals surface area contributed by atoms with Gasteiger partial charge in [0.15, 0.2) is 5.69 Å². The average molecular weight is 312 g/mol. The number of aromatic carboxylic acids is 1. The Morgan fingerprint density at radius 3 is 2.70 bits per heavy atom. The second-order valence-electron chi connectivity index (χ2n) is 4.02. The normalized spacial score (nSPS) is 11.4. The van der Waals surface area contributed by atoms with Crippen LogP contribution in [0, 0.1) is 6.92 Å². The Balaban J connectivity index is 2.13. The van der Waals surface area contributed by atoms with Crippen molar-refractivity contribution in [3.8, 4) is 0 Å². The summed E-state index contributed by atoms with van der Waals surface area (Å²) in [6.45, 7) is 1.68. The van der Waals surface area contributed by atoms with E-state index < -0.39 is 16.0 Å². The lowest BCUT2D eigenvalue weighted by molar-refractivity contribution is 0.0691. The third-order valence-corrected chi connectivity index (χ3v) is 4.98. The summed E-state index contributed by atoms with van der Waals surface area (Å²) in [5.41, 5.74) is 0.561. The summed E-state index contributed by atoms with van der Waals surface area (Å²) in [7, 11) is -3.63. The molecule has 8 heteroatoms. The molecular formula is C12H12N2O4S2. The maximum Gasteiger partial charge on any atom is 0.355 e. The number of hydrogen-bond donors (Lipinski definition) is 2. The lowest BCUT2D eigenvalue weighted by atomic mass is 10.2. The maximum atomic E-state index is 12.1. The summed E-state index contributed by atoms with van der Waals surface area (Å²) in [5.74, 6) is -1.13. The number of aromatic nitrogens is 1. The number of benzene rings is 1. The van der Waals surface area contributed by atoms with Gasteiger partial charge in [-0.1, -0.05) is 18.2 Å². The van der Waals surface area contributed by atoms with Gasteiger partial charge in [0.05, 0.1) is 11.4 Å². The number of nitrogens with one attached hydrogen (secondary N) is 1. The number of aryl methyl sites for hydroxylation is 1. The van der Waals surface area contributed by atoms with Gasteiger partial charge in [0.2, 0.25) is 10.0 Å². The third-order valence-electron chi connectivity index (χ3n) is 2.57. The van der Waals surface area contributed by atoms with E-state index in [2.05, 4.69) is 9.71 Å². The molecule has 1 aromatic carbocycles. The van der Waals surface area contributed by atoms with Crippen molar-refractivity contribution in [2.75, 3.05) is 0 Å². The average Bonchev–Trinajstić information content (AvgIpc) is 2.86. The van der Waals surface area contributed by atoms with Crippen molar-refractivity contribution in [3.05, 3.63) is 45.9 Å². The Kier molecular flexibility index (Phi) is 4.17. The first-order valence-corrected chi connectivity index (χ1v) is 7.99. The van der Waals surface area contributed by atoms with Gasteiger partial charge in [-0.2, -0.15) is 0 Å². The molecule has 1 heterocycles. The highest BCUT2D eigenvalue weighted by atomic mass is 32.2. The van der Waals surface area contributed by atoms with Gasteiger partial charge >= 0.3 is 5.97 Å². The molecule has 0 saturated heterocycles. The molecule has 0 saturated carbocycles. The first kappa shape index (κ1) is 14.6. The van der Waals surface area contributed by atoms with E-state index in [4.69, 9.17) is 5.11 Å². The van der Waals surface area contributed by atoms with Gasteiger partial charge in [-0.25, -0.2) is 22.9 Å². The highest BCUT2D eigenvalue weighted by molar-refractivity contribution is 7.89. The van der Waals surface area contributed by atoms with E-state index in [1.807, 2.05) is 0 Å². The molecule has 0 aliphatic rings. The Bertz CT molecular complexity index is 737. The molecule has 0 bridgehead atoms. The van der Waals surface area contributed by atoms with Crippen LogP contribution in [0.25, 0.3) is 0 Å². The predicted molar refractivity (Wildman–Crippen MR) is 74.3 cm³/mol. The van der Waals surface area contributed by atoms with Crippen LogP contribution in [0.3, 0.4) is 0 Å². The monoisotopic (exact) mass is 312 g/mol. The fraction of sp³-hybridized carbons (Fsp3) is 0.167. The summed E-state index contributed by atoms with van der Waals surface area (Å²) < 4.78 is 26.6. The van der Waals surface area contributed by atoms with Crippen LogP contribution < -0.4 is 4.72 Å². The molecule has 0 aliphatic carbocycles. The number of nitrogens with zero attached hydrogens (tertiary/aromatic N) is 1. The van der Waals surface area contributed by atoms with Crippen molar-refractivity contribution in [1.29, 1.82) is 0 Å². The molecule has 2 N–H and O–H groups in total. The van der Waals surface area contributed by atoms with Crippen molar-refractivity contribution in [3.63, 3.8) is 0 Å². The number of rotatable bonds is 5. The van der Waals surface area contributed by atoms with Gasteiger partial charge in [-0.3, -0.25) is 0 Å². The summed E-state index contributed by atoms with van der Waals surface area (Å²) in [6, 6.07) is 6.63. The molecule has 0 unspecified atom stereocenters. The molecule has 0 atom stereocenters. The molecule has 1 aromatic heterocycles. The standard InChI is InChI=1S/C12H12N2O4S2/c1-8-4-2-3-5-10(8)20(17,18)13-6-11-14-9(7-19-11)12(15)16/h2-5,7,13H,6H2,1H3,(H,15,16). The number of thiazole rings is 1. The lowest BCUT2D eigenvalue weighted by Crippen LogP contribution is -2.24. The Labute approximate surface area is 120 Å². The van der Waals surface area contributed by atoms with Crippen molar-refractivity contribution in [2.24, 2.45) is 0 Å². The number of hydrogen-bond acceptors (Lipinski definition) is 5. The van der Waals surface area contributed by atoms with Gasteiger partial charge < -0.3 is 5.11 Å². The molecule has 0 radical (unpaired) electrons. The third kappa shape index (κ3) is 3.21. The summed E-state index contributed by atoms with van der Waals surface area (Å²) in [6.07, 6.45) is 0. The van der Waals surface area contributed by atoms with E-state index in [1.54, 1.807) is 25.1 Å². The molecule has 0 amide bonds. The Morgan fingerprint density at radius 1 is 1.40 bits per heavy atom. The minimum absolute atomic E-state index is 0.0331. The van der Waals surface area contributed by atoms with Crippen LogP contribution in [-0.2, 0) is 16.6 Å². The fourth-order valence-corrected chi connectivity index (χ4v) is 3.61. The minimum Gasteiger partial charge on any atom is -0.476 e. The van der Waals surface area contributed by atoms with Gasteiger partial charge in [0.25, 0.3) is 0 Å². The topological polar surface area (TPSA) is 96.4 Å². The van der Waals surface area contributed by atoms with Crippen LogP contribution >= 0.6 is 11.3 Å². The highest BCUT2D eigenvalue weighted by Crippen LogP contribution is 2.15. The molecule has 0 fully saturated rings. The van der Waals surface area contributed by atoms with E-state index >= 15 is 0 Å². The molecule has 0 aliphatic heterocycles. The van der Waals surface area contributed by atoms with Gasteiger partial charge in [-0.05, 0) is 18.6 Å². The minimum atomic E-state index is -3.63. The largest absolute Gasteiger partial charge is 0.476 e. The Hall–Kier alpha value is -1.77.